The smallest absolute Gasteiger partial charge is 0.262 e. The van der Waals surface area contributed by atoms with E-state index in [2.05, 4.69) is 10.3 Å². The number of amides is 1. The van der Waals surface area contributed by atoms with Crippen molar-refractivity contribution >= 4 is 12.0 Å². The zero-order chi connectivity index (χ0) is 15.1. The molecule has 5 nitrogen and oxygen atoms in total. The van der Waals surface area contributed by atoms with Crippen molar-refractivity contribution in [2.24, 2.45) is 0 Å². The fourth-order valence-corrected chi connectivity index (χ4v) is 1.67. The van der Waals surface area contributed by atoms with Crippen molar-refractivity contribution in [2.45, 2.75) is 6.54 Å². The van der Waals surface area contributed by atoms with Gasteiger partial charge in [-0.1, -0.05) is 18.2 Å². The minimum Gasteiger partial charge on any atom is -0.508 e. The molecule has 5 heteroatoms. The van der Waals surface area contributed by atoms with Crippen LogP contribution in [0.5, 0.6) is 5.75 Å². The van der Waals surface area contributed by atoms with Crippen molar-refractivity contribution in [3.05, 3.63) is 65.5 Å². The Kier molecular flexibility index (Phi) is 4.67. The third-order valence-corrected chi connectivity index (χ3v) is 2.75. The normalized spacial score (nSPS) is 10.7. The molecule has 0 fully saturated rings. The highest BCUT2D eigenvalue weighted by Gasteiger charge is 2.08. The number of rotatable bonds is 4. The highest BCUT2D eigenvalue weighted by atomic mass is 16.3. The van der Waals surface area contributed by atoms with E-state index in [1.807, 2.05) is 12.1 Å². The van der Waals surface area contributed by atoms with Gasteiger partial charge in [0.2, 0.25) is 0 Å². The van der Waals surface area contributed by atoms with Crippen LogP contribution in [0.15, 0.2) is 54.4 Å². The van der Waals surface area contributed by atoms with Gasteiger partial charge < -0.3 is 10.4 Å². The molecular weight excluding hydrogens is 266 g/mol. The van der Waals surface area contributed by atoms with Gasteiger partial charge in [-0.3, -0.25) is 9.78 Å². The van der Waals surface area contributed by atoms with E-state index in [9.17, 15) is 9.90 Å². The number of hydrogen-bond acceptors (Lipinski definition) is 4. The zero-order valence-corrected chi connectivity index (χ0v) is 11.2. The van der Waals surface area contributed by atoms with Crippen LogP contribution in [0.4, 0.5) is 0 Å². The topological polar surface area (TPSA) is 86.0 Å². The summed E-state index contributed by atoms with van der Waals surface area (Å²) in [6.45, 7) is 0.307. The Morgan fingerprint density at radius 1 is 1.33 bits per heavy atom. The molecule has 0 saturated carbocycles. The lowest BCUT2D eigenvalue weighted by Gasteiger charge is -2.04. The largest absolute Gasteiger partial charge is 0.508 e. The summed E-state index contributed by atoms with van der Waals surface area (Å²) in [6.07, 6.45) is 4.77. The molecule has 0 unspecified atom stereocenters. The Morgan fingerprint density at radius 3 is 2.71 bits per heavy atom. The lowest BCUT2D eigenvalue weighted by molar-refractivity contribution is -0.117. The molecule has 1 amide bonds. The number of carbonyl (C=O) groups excluding carboxylic acids is 1. The second-order valence-corrected chi connectivity index (χ2v) is 4.31. The number of hydrogen-bond donors (Lipinski definition) is 2. The summed E-state index contributed by atoms with van der Waals surface area (Å²) < 4.78 is 0. The highest BCUT2D eigenvalue weighted by Crippen LogP contribution is 2.12. The Bertz CT molecular complexity index is 686. The second kappa shape index (κ2) is 6.87. The molecule has 1 heterocycles. The highest BCUT2D eigenvalue weighted by molar-refractivity contribution is 6.01. The van der Waals surface area contributed by atoms with Crippen molar-refractivity contribution in [2.75, 3.05) is 0 Å². The summed E-state index contributed by atoms with van der Waals surface area (Å²) in [7, 11) is 0. The first-order valence-corrected chi connectivity index (χ1v) is 6.27. The zero-order valence-electron chi connectivity index (χ0n) is 11.2. The van der Waals surface area contributed by atoms with Gasteiger partial charge in [0.1, 0.15) is 17.4 Å². The third kappa shape index (κ3) is 4.18. The number of carbonyl (C=O) groups is 1. The van der Waals surface area contributed by atoms with Crippen LogP contribution in [0.2, 0.25) is 0 Å². The lowest BCUT2D eigenvalue weighted by Crippen LogP contribution is -2.23. The number of benzene rings is 1. The van der Waals surface area contributed by atoms with Gasteiger partial charge in [0, 0.05) is 18.9 Å². The number of nitrogens with one attached hydrogen (secondary N) is 1. The number of phenolic OH excluding ortho intramolecular Hbond substituents is 1. The molecule has 104 valence electrons. The minimum atomic E-state index is -0.450. The average Bonchev–Trinajstić information content (AvgIpc) is 2.53. The van der Waals surface area contributed by atoms with Gasteiger partial charge in [-0.05, 0) is 35.4 Å². The molecule has 0 saturated heterocycles. The molecule has 0 bridgehead atoms. The summed E-state index contributed by atoms with van der Waals surface area (Å²) >= 11 is 0. The maximum absolute atomic E-state index is 11.9. The number of aromatic hydroxyl groups is 1. The standard InChI is InChI=1S/C16H13N3O2/c17-9-14(8-12-3-5-15(20)6-4-12)16(21)19-11-13-2-1-7-18-10-13/h1-8,10,20H,11H2,(H,19,21). The number of phenols is 1. The SMILES string of the molecule is N#CC(=Cc1ccc(O)cc1)C(=O)NCc1cccnc1. The molecule has 0 atom stereocenters. The van der Waals surface area contributed by atoms with Crippen LogP contribution < -0.4 is 5.32 Å². The van der Waals surface area contributed by atoms with Crippen molar-refractivity contribution in [3.63, 3.8) is 0 Å². The van der Waals surface area contributed by atoms with Crippen LogP contribution in [-0.2, 0) is 11.3 Å². The van der Waals surface area contributed by atoms with E-state index in [0.29, 0.717) is 12.1 Å². The van der Waals surface area contributed by atoms with E-state index in [1.54, 1.807) is 30.6 Å². The molecule has 2 rings (SSSR count). The van der Waals surface area contributed by atoms with Crippen molar-refractivity contribution in [1.29, 1.82) is 5.26 Å². The van der Waals surface area contributed by atoms with E-state index in [1.165, 1.54) is 18.2 Å². The maximum atomic E-state index is 11.9. The quantitative estimate of drug-likeness (QED) is 0.662. The molecule has 1 aromatic heterocycles. The first-order valence-electron chi connectivity index (χ1n) is 6.27. The van der Waals surface area contributed by atoms with E-state index < -0.39 is 5.91 Å². The Morgan fingerprint density at radius 2 is 2.10 bits per heavy atom. The van der Waals surface area contributed by atoms with E-state index >= 15 is 0 Å². The predicted octanol–water partition coefficient (Wildman–Crippen LogP) is 2.01. The van der Waals surface area contributed by atoms with Gasteiger partial charge in [0.05, 0.1) is 0 Å². The predicted molar refractivity (Wildman–Crippen MR) is 77.8 cm³/mol. The Labute approximate surface area is 122 Å². The number of aromatic nitrogens is 1. The van der Waals surface area contributed by atoms with Crippen molar-refractivity contribution in [1.82, 2.24) is 10.3 Å². The lowest BCUT2D eigenvalue weighted by atomic mass is 10.1. The van der Waals surface area contributed by atoms with Crippen LogP contribution >= 0.6 is 0 Å². The molecular formula is C16H13N3O2. The molecule has 0 aliphatic rings. The Hall–Kier alpha value is -3.13. The van der Waals surface area contributed by atoms with E-state index in [-0.39, 0.29) is 11.3 Å². The first-order chi connectivity index (χ1) is 10.2. The van der Waals surface area contributed by atoms with Crippen LogP contribution in [0.25, 0.3) is 6.08 Å². The molecule has 0 spiro atoms. The minimum absolute atomic E-state index is 0.00424. The molecule has 2 N–H and O–H groups in total. The van der Waals surface area contributed by atoms with Gasteiger partial charge in [-0.25, -0.2) is 0 Å². The van der Waals surface area contributed by atoms with Crippen LogP contribution in [-0.4, -0.2) is 16.0 Å². The molecule has 1 aromatic carbocycles. The van der Waals surface area contributed by atoms with Crippen molar-refractivity contribution < 1.29 is 9.90 Å². The number of nitriles is 1. The molecule has 21 heavy (non-hydrogen) atoms. The summed E-state index contributed by atoms with van der Waals surface area (Å²) in [5.74, 6) is -0.318. The second-order valence-electron chi connectivity index (χ2n) is 4.31. The summed E-state index contributed by atoms with van der Waals surface area (Å²) in [6, 6.07) is 11.7. The summed E-state index contributed by atoms with van der Waals surface area (Å²) in [5.41, 5.74) is 1.53. The monoisotopic (exact) mass is 279 g/mol. The van der Waals surface area contributed by atoms with Crippen LogP contribution in [0.3, 0.4) is 0 Å². The molecule has 0 aliphatic heterocycles. The summed E-state index contributed by atoms with van der Waals surface area (Å²) in [4.78, 5) is 15.9. The number of nitrogens with zero attached hydrogens (tertiary/aromatic N) is 2. The molecule has 2 aromatic rings. The Balaban J connectivity index is 2.05. The fourth-order valence-electron chi connectivity index (χ4n) is 1.67. The first kappa shape index (κ1) is 14.3. The van der Waals surface area contributed by atoms with Gasteiger partial charge in [0.15, 0.2) is 0 Å². The van der Waals surface area contributed by atoms with Crippen LogP contribution in [0, 0.1) is 11.3 Å². The van der Waals surface area contributed by atoms with E-state index in [4.69, 9.17) is 5.26 Å². The summed E-state index contributed by atoms with van der Waals surface area (Å²) in [5, 5.41) is 20.9. The van der Waals surface area contributed by atoms with Crippen LogP contribution in [0.1, 0.15) is 11.1 Å². The van der Waals surface area contributed by atoms with E-state index in [0.717, 1.165) is 5.56 Å². The van der Waals surface area contributed by atoms with Crippen molar-refractivity contribution in [3.8, 4) is 11.8 Å². The molecule has 0 radical (unpaired) electrons. The third-order valence-electron chi connectivity index (χ3n) is 2.75. The molecule has 0 aliphatic carbocycles. The number of pyridine rings is 1. The average molecular weight is 279 g/mol. The van der Waals surface area contributed by atoms with Gasteiger partial charge >= 0.3 is 0 Å². The van der Waals surface area contributed by atoms with Gasteiger partial charge in [-0.15, -0.1) is 0 Å². The van der Waals surface area contributed by atoms with Gasteiger partial charge in [0.25, 0.3) is 5.91 Å². The van der Waals surface area contributed by atoms with Gasteiger partial charge in [-0.2, -0.15) is 5.26 Å². The maximum Gasteiger partial charge on any atom is 0.262 e. The fraction of sp³-hybridized carbons (Fsp3) is 0.0625.